The first-order chi connectivity index (χ1) is 13.3. The Bertz CT molecular complexity index is 1120. The second-order valence-corrected chi connectivity index (χ2v) is 7.76. The average molecular weight is 399 g/mol. The van der Waals surface area contributed by atoms with Gasteiger partial charge in [-0.2, -0.15) is 8.42 Å². The minimum Gasteiger partial charge on any atom is -0.497 e. The maximum atomic E-state index is 12.2. The van der Waals surface area contributed by atoms with Crippen LogP contribution in [0, 0.1) is 0 Å². The summed E-state index contributed by atoms with van der Waals surface area (Å²) in [4.78, 5) is 13.3. The van der Waals surface area contributed by atoms with Gasteiger partial charge in [-0.15, -0.1) is 0 Å². The Balaban J connectivity index is 1.97. The zero-order chi connectivity index (χ0) is 20.3. The molecule has 3 rings (SSSR count). The van der Waals surface area contributed by atoms with E-state index in [1.807, 2.05) is 36.4 Å². The topological polar surface area (TPSA) is 83.9 Å². The van der Waals surface area contributed by atoms with Crippen molar-refractivity contribution in [2.75, 3.05) is 18.6 Å². The molecule has 0 aliphatic heterocycles. The summed E-state index contributed by atoms with van der Waals surface area (Å²) >= 11 is 0. The van der Waals surface area contributed by atoms with Gasteiger partial charge in [0.2, 0.25) is 5.91 Å². The Kier molecular flexibility index (Phi) is 5.67. The lowest BCUT2D eigenvalue weighted by Crippen LogP contribution is -2.32. The van der Waals surface area contributed by atoms with Gasteiger partial charge in [0.25, 0.3) is 10.1 Å². The predicted octanol–water partition coefficient (Wildman–Crippen LogP) is 3.69. The number of benzene rings is 3. The van der Waals surface area contributed by atoms with Crippen molar-refractivity contribution in [1.29, 1.82) is 0 Å². The number of methoxy groups -OCH3 is 1. The number of carbonyl (C=O) groups excluding carboxylic acids is 1. The number of hydrogen-bond acceptors (Lipinski definition) is 4. The molecule has 0 unspecified atom stereocenters. The number of amides is 1. The molecular formula is C21H21NO5S. The van der Waals surface area contributed by atoms with Crippen molar-refractivity contribution in [1.82, 2.24) is 0 Å². The summed E-state index contributed by atoms with van der Waals surface area (Å²) in [6.07, 6.45) is 0.504. The van der Waals surface area contributed by atoms with E-state index < -0.39 is 10.1 Å². The summed E-state index contributed by atoms with van der Waals surface area (Å²) in [6.45, 7) is 1.63. The van der Waals surface area contributed by atoms with E-state index in [-0.39, 0.29) is 23.0 Å². The highest BCUT2D eigenvalue weighted by Gasteiger charge is 2.22. The highest BCUT2D eigenvalue weighted by Crippen LogP contribution is 2.27. The van der Waals surface area contributed by atoms with Gasteiger partial charge in [0.05, 0.1) is 12.8 Å². The molecule has 28 heavy (non-hydrogen) atoms. The van der Waals surface area contributed by atoms with Crippen molar-refractivity contribution < 1.29 is 22.5 Å². The van der Waals surface area contributed by atoms with E-state index in [0.717, 1.165) is 22.1 Å². The molecule has 0 aromatic heterocycles. The van der Waals surface area contributed by atoms with Crippen LogP contribution in [0.5, 0.6) is 5.75 Å². The minimum absolute atomic E-state index is 0.162. The largest absolute Gasteiger partial charge is 0.497 e. The third kappa shape index (κ3) is 4.16. The molecule has 3 aromatic carbocycles. The fourth-order valence-electron chi connectivity index (χ4n) is 3.24. The third-order valence-corrected chi connectivity index (χ3v) is 5.50. The summed E-state index contributed by atoms with van der Waals surface area (Å²) in [7, 11) is -2.84. The molecule has 0 atom stereocenters. The second kappa shape index (κ2) is 8.00. The molecule has 0 radical (unpaired) electrons. The quantitative estimate of drug-likeness (QED) is 0.639. The molecule has 0 saturated heterocycles. The SMILES string of the molecule is COc1ccc2cccc(CCN(C(C)=O)c3ccccc3S(=O)(=O)O)c2c1. The molecule has 146 valence electrons. The number of rotatable bonds is 6. The number of hydrogen-bond donors (Lipinski definition) is 1. The van der Waals surface area contributed by atoms with Crippen LogP contribution in [-0.4, -0.2) is 32.5 Å². The molecule has 0 spiro atoms. The van der Waals surface area contributed by atoms with Gasteiger partial charge in [-0.05, 0) is 47.0 Å². The Morgan fingerprint density at radius 2 is 1.82 bits per heavy atom. The van der Waals surface area contributed by atoms with Gasteiger partial charge in [0, 0.05) is 13.5 Å². The number of ether oxygens (including phenoxy) is 1. The van der Waals surface area contributed by atoms with Crippen LogP contribution in [0.15, 0.2) is 65.6 Å². The van der Waals surface area contributed by atoms with Crippen LogP contribution in [0.1, 0.15) is 12.5 Å². The van der Waals surface area contributed by atoms with Crippen molar-refractivity contribution in [2.24, 2.45) is 0 Å². The van der Waals surface area contributed by atoms with Crippen LogP contribution in [-0.2, 0) is 21.3 Å². The molecule has 0 fully saturated rings. The number of nitrogens with zero attached hydrogens (tertiary/aromatic N) is 1. The fraction of sp³-hybridized carbons (Fsp3) is 0.190. The highest BCUT2D eigenvalue weighted by molar-refractivity contribution is 7.86. The zero-order valence-electron chi connectivity index (χ0n) is 15.6. The van der Waals surface area contributed by atoms with Gasteiger partial charge in [-0.3, -0.25) is 9.35 Å². The van der Waals surface area contributed by atoms with Crippen LogP contribution in [0.25, 0.3) is 10.8 Å². The molecule has 0 bridgehead atoms. The number of anilines is 1. The van der Waals surface area contributed by atoms with E-state index in [9.17, 15) is 17.8 Å². The molecule has 0 aliphatic carbocycles. The van der Waals surface area contributed by atoms with E-state index in [4.69, 9.17) is 4.74 Å². The zero-order valence-corrected chi connectivity index (χ0v) is 16.4. The lowest BCUT2D eigenvalue weighted by Gasteiger charge is -2.23. The molecule has 7 heteroatoms. The Morgan fingerprint density at radius 1 is 1.07 bits per heavy atom. The smallest absolute Gasteiger partial charge is 0.296 e. The second-order valence-electron chi connectivity index (χ2n) is 6.37. The lowest BCUT2D eigenvalue weighted by atomic mass is 10.0. The van der Waals surface area contributed by atoms with Gasteiger partial charge in [0.1, 0.15) is 10.6 Å². The summed E-state index contributed by atoms with van der Waals surface area (Å²) in [5.41, 5.74) is 1.17. The molecule has 6 nitrogen and oxygen atoms in total. The number of carbonyl (C=O) groups is 1. The van der Waals surface area contributed by atoms with E-state index in [1.165, 1.54) is 30.0 Å². The number of fused-ring (bicyclic) bond motifs is 1. The van der Waals surface area contributed by atoms with E-state index in [1.54, 1.807) is 13.2 Å². The van der Waals surface area contributed by atoms with Crippen LogP contribution < -0.4 is 9.64 Å². The monoisotopic (exact) mass is 399 g/mol. The van der Waals surface area contributed by atoms with Gasteiger partial charge < -0.3 is 9.64 Å². The van der Waals surface area contributed by atoms with Crippen LogP contribution in [0.2, 0.25) is 0 Å². The summed E-state index contributed by atoms with van der Waals surface area (Å²) in [5.74, 6) is 0.425. The van der Waals surface area contributed by atoms with Crippen LogP contribution >= 0.6 is 0 Å². The first-order valence-electron chi connectivity index (χ1n) is 8.71. The van der Waals surface area contributed by atoms with Crippen molar-refractivity contribution in [3.05, 3.63) is 66.2 Å². The van der Waals surface area contributed by atoms with E-state index in [0.29, 0.717) is 6.42 Å². The van der Waals surface area contributed by atoms with Gasteiger partial charge in [-0.25, -0.2) is 0 Å². The van der Waals surface area contributed by atoms with Gasteiger partial charge in [-0.1, -0.05) is 36.4 Å². The standard InChI is InChI=1S/C21H21NO5S/c1-15(23)22(20-8-3-4-9-21(20)28(24,25)26)13-12-17-7-5-6-16-10-11-18(27-2)14-19(16)17/h3-11,14H,12-13H2,1-2H3,(H,24,25,26). The van der Waals surface area contributed by atoms with Gasteiger partial charge >= 0.3 is 0 Å². The Hall–Kier alpha value is -2.90. The highest BCUT2D eigenvalue weighted by atomic mass is 32.2. The first-order valence-corrected chi connectivity index (χ1v) is 10.2. The van der Waals surface area contributed by atoms with Crippen LogP contribution in [0.3, 0.4) is 0 Å². The Labute approximate surface area is 164 Å². The maximum Gasteiger partial charge on any atom is 0.296 e. The molecule has 0 aliphatic rings. The average Bonchev–Trinajstić information content (AvgIpc) is 2.67. The predicted molar refractivity (Wildman–Crippen MR) is 108 cm³/mol. The van der Waals surface area contributed by atoms with Crippen molar-refractivity contribution >= 4 is 32.5 Å². The molecule has 1 N–H and O–H groups in total. The van der Waals surface area contributed by atoms with Crippen molar-refractivity contribution in [3.8, 4) is 5.75 Å². The maximum absolute atomic E-state index is 12.2. The molecule has 0 heterocycles. The molecule has 1 amide bonds. The lowest BCUT2D eigenvalue weighted by molar-refractivity contribution is -0.116. The van der Waals surface area contributed by atoms with Gasteiger partial charge in [0.15, 0.2) is 0 Å². The van der Waals surface area contributed by atoms with Crippen LogP contribution in [0.4, 0.5) is 5.69 Å². The minimum atomic E-state index is -4.45. The molecular weight excluding hydrogens is 378 g/mol. The first kappa shape index (κ1) is 19.9. The fourth-order valence-corrected chi connectivity index (χ4v) is 3.93. The van der Waals surface area contributed by atoms with E-state index in [2.05, 4.69) is 0 Å². The summed E-state index contributed by atoms with van der Waals surface area (Å²) in [5, 5.41) is 2.06. The van der Waals surface area contributed by atoms with Crippen molar-refractivity contribution in [3.63, 3.8) is 0 Å². The Morgan fingerprint density at radius 3 is 2.50 bits per heavy atom. The third-order valence-electron chi connectivity index (χ3n) is 4.60. The summed E-state index contributed by atoms with van der Waals surface area (Å²) < 4.78 is 38.2. The van der Waals surface area contributed by atoms with E-state index >= 15 is 0 Å². The molecule has 3 aromatic rings. The van der Waals surface area contributed by atoms with Crippen molar-refractivity contribution in [2.45, 2.75) is 18.2 Å². The number of para-hydroxylation sites is 1. The normalized spacial score (nSPS) is 11.4. The molecule has 0 saturated carbocycles. The summed E-state index contributed by atoms with van der Waals surface area (Å²) in [6, 6.07) is 17.6.